The summed E-state index contributed by atoms with van der Waals surface area (Å²) < 4.78 is 4.63. The standard InChI is InChI=1S/C15H18O3/c1-5-11-8-12(15(17)18-4)9-14(16)13(11)7-6-10(2)3/h5-10,16H,1H2,2-4H3/b7-6-. The molecule has 0 bridgehead atoms. The van der Waals surface area contributed by atoms with E-state index in [1.807, 2.05) is 26.0 Å². The first-order chi connectivity index (χ1) is 8.49. The van der Waals surface area contributed by atoms with E-state index < -0.39 is 5.97 Å². The fraction of sp³-hybridized carbons (Fsp3) is 0.267. The van der Waals surface area contributed by atoms with Gasteiger partial charge in [-0.1, -0.05) is 38.7 Å². The summed E-state index contributed by atoms with van der Waals surface area (Å²) in [5, 5.41) is 9.95. The van der Waals surface area contributed by atoms with Crippen molar-refractivity contribution in [2.75, 3.05) is 7.11 Å². The minimum absolute atomic E-state index is 0.0460. The molecular formula is C15H18O3. The Morgan fingerprint density at radius 1 is 1.44 bits per heavy atom. The van der Waals surface area contributed by atoms with E-state index in [9.17, 15) is 9.90 Å². The number of carbonyl (C=O) groups is 1. The van der Waals surface area contributed by atoms with Crippen LogP contribution in [0.4, 0.5) is 0 Å². The molecule has 0 atom stereocenters. The number of esters is 1. The summed E-state index contributed by atoms with van der Waals surface area (Å²) in [6.45, 7) is 7.78. The van der Waals surface area contributed by atoms with Crippen molar-refractivity contribution in [2.45, 2.75) is 13.8 Å². The molecule has 0 amide bonds. The lowest BCUT2D eigenvalue weighted by molar-refractivity contribution is 0.0600. The maximum atomic E-state index is 11.4. The van der Waals surface area contributed by atoms with Crippen molar-refractivity contribution in [2.24, 2.45) is 5.92 Å². The topological polar surface area (TPSA) is 46.5 Å². The second kappa shape index (κ2) is 6.05. The van der Waals surface area contributed by atoms with Gasteiger partial charge in [-0.05, 0) is 23.6 Å². The number of methoxy groups -OCH3 is 1. The highest BCUT2D eigenvalue weighted by Crippen LogP contribution is 2.27. The maximum Gasteiger partial charge on any atom is 0.338 e. The van der Waals surface area contributed by atoms with Gasteiger partial charge < -0.3 is 9.84 Å². The summed E-state index contributed by atoms with van der Waals surface area (Å²) in [4.78, 5) is 11.4. The van der Waals surface area contributed by atoms with E-state index in [4.69, 9.17) is 0 Å². The number of allylic oxidation sites excluding steroid dienone is 1. The molecule has 0 saturated heterocycles. The molecule has 3 nitrogen and oxygen atoms in total. The molecule has 0 spiro atoms. The summed E-state index contributed by atoms with van der Waals surface area (Å²) in [6.07, 6.45) is 5.41. The second-order valence-corrected chi connectivity index (χ2v) is 4.30. The lowest BCUT2D eigenvalue weighted by Crippen LogP contribution is -2.02. The molecule has 1 N–H and O–H groups in total. The van der Waals surface area contributed by atoms with Crippen molar-refractivity contribution in [3.63, 3.8) is 0 Å². The lowest BCUT2D eigenvalue weighted by atomic mass is 10.0. The zero-order chi connectivity index (χ0) is 13.7. The van der Waals surface area contributed by atoms with Gasteiger partial charge in [-0.15, -0.1) is 0 Å². The minimum Gasteiger partial charge on any atom is -0.507 e. The molecule has 1 aromatic carbocycles. The van der Waals surface area contributed by atoms with Gasteiger partial charge in [0.2, 0.25) is 0 Å². The van der Waals surface area contributed by atoms with Gasteiger partial charge in [0.25, 0.3) is 0 Å². The Bertz CT molecular complexity index is 485. The molecule has 0 fully saturated rings. The average Bonchev–Trinajstić information content (AvgIpc) is 2.35. The van der Waals surface area contributed by atoms with Crippen LogP contribution in [0.25, 0.3) is 12.2 Å². The van der Waals surface area contributed by atoms with Crippen molar-refractivity contribution in [3.8, 4) is 5.75 Å². The van der Waals surface area contributed by atoms with Crippen LogP contribution in [0, 0.1) is 5.92 Å². The molecule has 3 heteroatoms. The molecule has 1 aromatic rings. The van der Waals surface area contributed by atoms with Crippen LogP contribution in [0.5, 0.6) is 5.75 Å². The summed E-state index contributed by atoms with van der Waals surface area (Å²) in [5.74, 6) is -0.0557. The Hall–Kier alpha value is -2.03. The molecule has 0 unspecified atom stereocenters. The van der Waals surface area contributed by atoms with Crippen LogP contribution < -0.4 is 0 Å². The first kappa shape index (κ1) is 14.0. The summed E-state index contributed by atoms with van der Waals surface area (Å²) in [6, 6.07) is 3.05. The number of phenols is 1. The van der Waals surface area contributed by atoms with Crippen LogP contribution >= 0.6 is 0 Å². The monoisotopic (exact) mass is 246 g/mol. The van der Waals surface area contributed by atoms with Gasteiger partial charge in [-0.3, -0.25) is 0 Å². The summed E-state index contributed by atoms with van der Waals surface area (Å²) >= 11 is 0. The number of rotatable bonds is 4. The van der Waals surface area contributed by atoms with Gasteiger partial charge in [0.1, 0.15) is 5.75 Å². The first-order valence-electron chi connectivity index (χ1n) is 5.75. The SMILES string of the molecule is C=Cc1cc(C(=O)OC)cc(O)c1/C=C\C(C)C. The van der Waals surface area contributed by atoms with Gasteiger partial charge in [-0.25, -0.2) is 4.79 Å². The first-order valence-corrected chi connectivity index (χ1v) is 5.75. The normalized spacial score (nSPS) is 10.9. The van der Waals surface area contributed by atoms with E-state index in [0.29, 0.717) is 22.6 Å². The number of ether oxygens (including phenoxy) is 1. The van der Waals surface area contributed by atoms with Crippen molar-refractivity contribution in [1.29, 1.82) is 0 Å². The molecule has 0 aliphatic heterocycles. The highest BCUT2D eigenvalue weighted by Gasteiger charge is 2.11. The molecule has 1 rings (SSSR count). The van der Waals surface area contributed by atoms with E-state index in [0.717, 1.165) is 0 Å². The molecule has 0 aromatic heterocycles. The number of benzene rings is 1. The highest BCUT2D eigenvalue weighted by molar-refractivity contribution is 5.91. The van der Waals surface area contributed by atoms with E-state index in [2.05, 4.69) is 11.3 Å². The van der Waals surface area contributed by atoms with E-state index in [-0.39, 0.29) is 5.75 Å². The van der Waals surface area contributed by atoms with Crippen molar-refractivity contribution < 1.29 is 14.6 Å². The van der Waals surface area contributed by atoms with E-state index in [1.54, 1.807) is 12.1 Å². The van der Waals surface area contributed by atoms with Crippen LogP contribution in [0.2, 0.25) is 0 Å². The third kappa shape index (κ3) is 3.23. The van der Waals surface area contributed by atoms with E-state index in [1.165, 1.54) is 13.2 Å². The molecule has 0 aliphatic carbocycles. The van der Waals surface area contributed by atoms with Crippen LogP contribution in [-0.4, -0.2) is 18.2 Å². The molecule has 0 saturated carbocycles. The van der Waals surface area contributed by atoms with Crippen molar-refractivity contribution >= 4 is 18.1 Å². The number of carbonyl (C=O) groups excluding carboxylic acids is 1. The Kier molecular flexibility index (Phi) is 4.72. The van der Waals surface area contributed by atoms with Gasteiger partial charge in [0, 0.05) is 5.56 Å². The molecule has 0 heterocycles. The molecule has 18 heavy (non-hydrogen) atoms. The van der Waals surface area contributed by atoms with Crippen molar-refractivity contribution in [3.05, 3.63) is 41.5 Å². The number of phenolic OH excluding ortho intramolecular Hbond substituents is 1. The van der Waals surface area contributed by atoms with Crippen LogP contribution in [-0.2, 0) is 4.74 Å². The molecule has 0 radical (unpaired) electrons. The quantitative estimate of drug-likeness (QED) is 0.827. The number of hydrogen-bond donors (Lipinski definition) is 1. The molecule has 0 aliphatic rings. The molecular weight excluding hydrogens is 228 g/mol. The largest absolute Gasteiger partial charge is 0.507 e. The average molecular weight is 246 g/mol. The Balaban J connectivity index is 3.28. The predicted octanol–water partition coefficient (Wildman–Crippen LogP) is 3.49. The highest BCUT2D eigenvalue weighted by atomic mass is 16.5. The third-order valence-corrected chi connectivity index (χ3v) is 2.48. The van der Waals surface area contributed by atoms with Crippen molar-refractivity contribution in [1.82, 2.24) is 0 Å². The Labute approximate surface area is 107 Å². The van der Waals surface area contributed by atoms with E-state index >= 15 is 0 Å². The predicted molar refractivity (Wildman–Crippen MR) is 73.4 cm³/mol. The fourth-order valence-electron chi connectivity index (χ4n) is 1.53. The number of aromatic hydroxyl groups is 1. The van der Waals surface area contributed by atoms with Gasteiger partial charge >= 0.3 is 5.97 Å². The Morgan fingerprint density at radius 2 is 2.11 bits per heavy atom. The van der Waals surface area contributed by atoms with Crippen LogP contribution in [0.1, 0.15) is 35.3 Å². The van der Waals surface area contributed by atoms with Gasteiger partial charge in [0.05, 0.1) is 12.7 Å². The fourth-order valence-corrected chi connectivity index (χ4v) is 1.53. The summed E-state index contributed by atoms with van der Waals surface area (Å²) in [7, 11) is 1.31. The van der Waals surface area contributed by atoms with Gasteiger partial charge in [-0.2, -0.15) is 0 Å². The smallest absolute Gasteiger partial charge is 0.338 e. The number of hydrogen-bond acceptors (Lipinski definition) is 3. The lowest BCUT2D eigenvalue weighted by Gasteiger charge is -2.08. The zero-order valence-corrected chi connectivity index (χ0v) is 10.9. The zero-order valence-electron chi connectivity index (χ0n) is 10.9. The summed E-state index contributed by atoms with van der Waals surface area (Å²) in [5.41, 5.74) is 1.67. The maximum absolute atomic E-state index is 11.4. The third-order valence-electron chi connectivity index (χ3n) is 2.48. The Morgan fingerprint density at radius 3 is 2.61 bits per heavy atom. The van der Waals surface area contributed by atoms with Gasteiger partial charge in [0.15, 0.2) is 0 Å². The second-order valence-electron chi connectivity index (χ2n) is 4.30. The molecule has 96 valence electrons. The minimum atomic E-state index is -0.479. The van der Waals surface area contributed by atoms with Crippen LogP contribution in [0.15, 0.2) is 24.8 Å². The van der Waals surface area contributed by atoms with Crippen LogP contribution in [0.3, 0.4) is 0 Å².